The van der Waals surface area contributed by atoms with Crippen molar-refractivity contribution in [1.82, 2.24) is 0 Å². The van der Waals surface area contributed by atoms with E-state index in [1.165, 1.54) is 11.6 Å². The predicted molar refractivity (Wildman–Crippen MR) is 85.7 cm³/mol. The van der Waals surface area contributed by atoms with Gasteiger partial charge in [0.2, 0.25) is 0 Å². The standard InChI is InChI=1S/C17H21FN2O/c1-4-12-7-5-6-8-15(12)20-16-10-17(21-11(2)3)13(18)9-14(16)19/h5-11,20H,4,19H2,1-3H3. The van der Waals surface area contributed by atoms with Gasteiger partial charge in [-0.25, -0.2) is 4.39 Å². The minimum absolute atomic E-state index is 0.0982. The highest BCUT2D eigenvalue weighted by atomic mass is 19.1. The van der Waals surface area contributed by atoms with E-state index in [4.69, 9.17) is 10.5 Å². The van der Waals surface area contributed by atoms with Gasteiger partial charge in [-0.3, -0.25) is 0 Å². The lowest BCUT2D eigenvalue weighted by atomic mass is 10.1. The summed E-state index contributed by atoms with van der Waals surface area (Å²) < 4.78 is 19.3. The van der Waals surface area contributed by atoms with Crippen LogP contribution in [0.25, 0.3) is 0 Å². The van der Waals surface area contributed by atoms with Crippen LogP contribution in [0, 0.1) is 5.82 Å². The van der Waals surface area contributed by atoms with E-state index >= 15 is 0 Å². The van der Waals surface area contributed by atoms with Crippen molar-refractivity contribution < 1.29 is 9.13 Å². The summed E-state index contributed by atoms with van der Waals surface area (Å²) >= 11 is 0. The molecule has 2 aromatic rings. The van der Waals surface area contributed by atoms with Gasteiger partial charge in [-0.05, 0) is 31.9 Å². The molecule has 4 heteroatoms. The number of hydrogen-bond donors (Lipinski definition) is 2. The zero-order valence-corrected chi connectivity index (χ0v) is 12.6. The third-order valence-electron chi connectivity index (χ3n) is 3.13. The van der Waals surface area contributed by atoms with Crippen molar-refractivity contribution >= 4 is 17.1 Å². The maximum absolute atomic E-state index is 13.8. The van der Waals surface area contributed by atoms with Crippen LogP contribution < -0.4 is 15.8 Å². The van der Waals surface area contributed by atoms with Gasteiger partial charge in [-0.1, -0.05) is 25.1 Å². The van der Waals surface area contributed by atoms with Crippen molar-refractivity contribution in [3.05, 3.63) is 47.8 Å². The van der Waals surface area contributed by atoms with Crippen LogP contribution in [0.4, 0.5) is 21.5 Å². The van der Waals surface area contributed by atoms with Gasteiger partial charge in [0.15, 0.2) is 11.6 Å². The van der Waals surface area contributed by atoms with Crippen LogP contribution in [0.5, 0.6) is 5.75 Å². The Morgan fingerprint density at radius 1 is 1.19 bits per heavy atom. The van der Waals surface area contributed by atoms with Gasteiger partial charge in [0.1, 0.15) is 0 Å². The molecule has 0 aromatic heterocycles. The zero-order valence-electron chi connectivity index (χ0n) is 12.6. The molecule has 2 rings (SSSR count). The predicted octanol–water partition coefficient (Wildman–Crippen LogP) is 4.50. The number of para-hydroxylation sites is 1. The second-order valence-corrected chi connectivity index (χ2v) is 5.17. The molecule has 0 amide bonds. The molecule has 0 radical (unpaired) electrons. The minimum atomic E-state index is -0.449. The molecule has 0 fully saturated rings. The largest absolute Gasteiger partial charge is 0.488 e. The Morgan fingerprint density at radius 2 is 1.90 bits per heavy atom. The highest BCUT2D eigenvalue weighted by molar-refractivity contribution is 5.75. The first-order chi connectivity index (χ1) is 10.0. The van der Waals surface area contributed by atoms with Gasteiger partial charge in [0.05, 0.1) is 17.5 Å². The van der Waals surface area contributed by atoms with E-state index in [-0.39, 0.29) is 11.9 Å². The van der Waals surface area contributed by atoms with Gasteiger partial charge < -0.3 is 15.8 Å². The molecule has 0 bridgehead atoms. The molecule has 0 aliphatic rings. The van der Waals surface area contributed by atoms with Crippen molar-refractivity contribution in [2.45, 2.75) is 33.3 Å². The van der Waals surface area contributed by atoms with Crippen molar-refractivity contribution in [1.29, 1.82) is 0 Å². The number of hydrogen-bond acceptors (Lipinski definition) is 3. The molecule has 2 aromatic carbocycles. The normalized spacial score (nSPS) is 10.7. The van der Waals surface area contributed by atoms with E-state index in [0.717, 1.165) is 12.1 Å². The Bertz CT molecular complexity index is 626. The van der Waals surface area contributed by atoms with Crippen molar-refractivity contribution in [2.75, 3.05) is 11.1 Å². The highest BCUT2D eigenvalue weighted by Gasteiger charge is 2.11. The second-order valence-electron chi connectivity index (χ2n) is 5.17. The molecule has 0 aliphatic carbocycles. The Labute approximate surface area is 124 Å². The summed E-state index contributed by atoms with van der Waals surface area (Å²) in [5.74, 6) is -0.244. The molecule has 21 heavy (non-hydrogen) atoms. The summed E-state index contributed by atoms with van der Waals surface area (Å²) in [6.07, 6.45) is 0.804. The van der Waals surface area contributed by atoms with E-state index in [0.29, 0.717) is 11.4 Å². The number of nitrogens with one attached hydrogen (secondary N) is 1. The molecular formula is C17H21FN2O. The average molecular weight is 288 g/mol. The van der Waals surface area contributed by atoms with Crippen LogP contribution in [0.15, 0.2) is 36.4 Å². The third-order valence-corrected chi connectivity index (χ3v) is 3.13. The SMILES string of the molecule is CCc1ccccc1Nc1cc(OC(C)C)c(F)cc1N. The van der Waals surface area contributed by atoms with Gasteiger partial charge in [-0.2, -0.15) is 0 Å². The summed E-state index contributed by atoms with van der Waals surface area (Å²) in [7, 11) is 0. The van der Waals surface area contributed by atoms with Crippen LogP contribution in [-0.4, -0.2) is 6.10 Å². The van der Waals surface area contributed by atoms with Crippen molar-refractivity contribution in [3.63, 3.8) is 0 Å². The summed E-state index contributed by atoms with van der Waals surface area (Å²) in [6.45, 7) is 5.80. The van der Waals surface area contributed by atoms with Crippen LogP contribution in [0.1, 0.15) is 26.3 Å². The summed E-state index contributed by atoms with van der Waals surface area (Å²) in [5, 5.41) is 3.26. The monoisotopic (exact) mass is 288 g/mol. The zero-order chi connectivity index (χ0) is 15.4. The van der Waals surface area contributed by atoms with E-state index in [1.54, 1.807) is 6.07 Å². The minimum Gasteiger partial charge on any atom is -0.488 e. The fourth-order valence-corrected chi connectivity index (χ4v) is 2.12. The first-order valence-electron chi connectivity index (χ1n) is 7.11. The Hall–Kier alpha value is -2.23. The maximum Gasteiger partial charge on any atom is 0.167 e. The molecule has 0 heterocycles. The molecular weight excluding hydrogens is 267 g/mol. The quantitative estimate of drug-likeness (QED) is 0.796. The Balaban J connectivity index is 2.35. The number of halogens is 1. The highest BCUT2D eigenvalue weighted by Crippen LogP contribution is 2.32. The van der Waals surface area contributed by atoms with Gasteiger partial charge in [-0.15, -0.1) is 0 Å². The lowest BCUT2D eigenvalue weighted by Gasteiger charge is -2.16. The fourth-order valence-electron chi connectivity index (χ4n) is 2.12. The molecule has 0 spiro atoms. The van der Waals surface area contributed by atoms with E-state index in [9.17, 15) is 4.39 Å². The molecule has 3 nitrogen and oxygen atoms in total. The summed E-state index contributed by atoms with van der Waals surface area (Å²) in [4.78, 5) is 0. The number of rotatable bonds is 5. The van der Waals surface area contributed by atoms with E-state index < -0.39 is 5.82 Å². The van der Waals surface area contributed by atoms with Gasteiger partial charge >= 0.3 is 0 Å². The van der Waals surface area contributed by atoms with Crippen LogP contribution in [-0.2, 0) is 6.42 Å². The molecule has 0 saturated heterocycles. The lowest BCUT2D eigenvalue weighted by Crippen LogP contribution is -2.08. The first kappa shape index (κ1) is 15.2. The molecule has 0 atom stereocenters. The average Bonchev–Trinajstić information content (AvgIpc) is 2.44. The summed E-state index contributed by atoms with van der Waals surface area (Å²) in [5.41, 5.74) is 9.04. The molecule has 0 unspecified atom stereocenters. The number of nitrogen functional groups attached to an aromatic ring is 1. The van der Waals surface area contributed by atoms with Gasteiger partial charge in [0, 0.05) is 17.8 Å². The third kappa shape index (κ3) is 3.66. The number of ether oxygens (including phenoxy) is 1. The first-order valence-corrected chi connectivity index (χ1v) is 7.11. The van der Waals surface area contributed by atoms with Crippen molar-refractivity contribution in [3.8, 4) is 5.75 Å². The number of nitrogens with two attached hydrogens (primary N) is 1. The van der Waals surface area contributed by atoms with E-state index in [2.05, 4.69) is 12.2 Å². The molecule has 0 aliphatic heterocycles. The molecule has 112 valence electrons. The van der Waals surface area contributed by atoms with Crippen LogP contribution in [0.3, 0.4) is 0 Å². The topological polar surface area (TPSA) is 47.3 Å². The van der Waals surface area contributed by atoms with E-state index in [1.807, 2.05) is 38.1 Å². The van der Waals surface area contributed by atoms with Crippen LogP contribution >= 0.6 is 0 Å². The second kappa shape index (κ2) is 6.48. The van der Waals surface area contributed by atoms with Crippen molar-refractivity contribution in [2.24, 2.45) is 0 Å². The number of aryl methyl sites for hydroxylation is 1. The number of benzene rings is 2. The molecule has 0 saturated carbocycles. The van der Waals surface area contributed by atoms with Crippen LogP contribution in [0.2, 0.25) is 0 Å². The Kier molecular flexibility index (Phi) is 4.68. The number of anilines is 3. The maximum atomic E-state index is 13.8. The Morgan fingerprint density at radius 3 is 2.57 bits per heavy atom. The smallest absolute Gasteiger partial charge is 0.167 e. The fraction of sp³-hybridized carbons (Fsp3) is 0.294. The summed E-state index contributed by atoms with van der Waals surface area (Å²) in [6, 6.07) is 10.9. The lowest BCUT2D eigenvalue weighted by molar-refractivity contribution is 0.231. The van der Waals surface area contributed by atoms with Gasteiger partial charge in [0.25, 0.3) is 0 Å². The molecule has 3 N–H and O–H groups in total.